The summed E-state index contributed by atoms with van der Waals surface area (Å²) >= 11 is 0. The van der Waals surface area contributed by atoms with Crippen molar-refractivity contribution >= 4 is 8.81 Å². The summed E-state index contributed by atoms with van der Waals surface area (Å²) < 4.78 is 0. The molecule has 0 spiro atoms. The van der Waals surface area contributed by atoms with Gasteiger partial charge in [0.1, 0.15) is 0 Å². The Labute approximate surface area is 60.7 Å². The van der Waals surface area contributed by atoms with Crippen molar-refractivity contribution in [1.29, 1.82) is 0 Å². The fraction of sp³-hybridized carbons (Fsp3) is 1.00. The summed E-state index contributed by atoms with van der Waals surface area (Å²) in [5.74, 6) is 0. The van der Waals surface area contributed by atoms with E-state index in [1.165, 1.54) is 12.8 Å². The van der Waals surface area contributed by atoms with E-state index in [1.807, 2.05) is 0 Å². The fourth-order valence-electron chi connectivity index (χ4n) is 0.112. The minimum atomic E-state index is 0.158. The van der Waals surface area contributed by atoms with Gasteiger partial charge >= 0.3 is 0 Å². The molecule has 0 heterocycles. The first kappa shape index (κ1) is 12.1. The average molecular weight is 150 g/mol. The monoisotopic (exact) mass is 150 g/mol. The molecular formula is C7H19OP. The van der Waals surface area contributed by atoms with Crippen molar-refractivity contribution in [2.45, 2.75) is 40.0 Å². The standard InChI is InChI=1S/C4H10.C3H9OP/c1-3-4-2;1-2-3-5-4/h3-4H2,1-2H3;4-5H,2-3H2,1H3. The van der Waals surface area contributed by atoms with E-state index in [2.05, 4.69) is 20.8 Å². The van der Waals surface area contributed by atoms with Crippen molar-refractivity contribution in [3.8, 4) is 0 Å². The van der Waals surface area contributed by atoms with E-state index < -0.39 is 0 Å². The van der Waals surface area contributed by atoms with Crippen molar-refractivity contribution in [2.75, 3.05) is 6.16 Å². The van der Waals surface area contributed by atoms with Gasteiger partial charge in [0.05, 0.1) is 0 Å². The summed E-state index contributed by atoms with van der Waals surface area (Å²) in [5.41, 5.74) is 0. The largest absolute Gasteiger partial charge is 0.377 e. The molecule has 1 unspecified atom stereocenters. The molecule has 0 aliphatic heterocycles. The topological polar surface area (TPSA) is 20.2 Å². The van der Waals surface area contributed by atoms with Gasteiger partial charge in [0.2, 0.25) is 0 Å². The molecule has 0 aromatic rings. The van der Waals surface area contributed by atoms with Gasteiger partial charge in [-0.1, -0.05) is 40.0 Å². The van der Waals surface area contributed by atoms with E-state index >= 15 is 0 Å². The Kier molecular flexibility index (Phi) is 21.2. The van der Waals surface area contributed by atoms with Crippen molar-refractivity contribution in [1.82, 2.24) is 0 Å². The lowest BCUT2D eigenvalue weighted by molar-refractivity contribution is 0.643. The van der Waals surface area contributed by atoms with Crippen LogP contribution in [0.1, 0.15) is 40.0 Å². The van der Waals surface area contributed by atoms with Crippen LogP contribution in [0.2, 0.25) is 0 Å². The van der Waals surface area contributed by atoms with Gasteiger partial charge in [0.15, 0.2) is 0 Å². The maximum absolute atomic E-state index is 8.09. The molecule has 0 saturated heterocycles. The van der Waals surface area contributed by atoms with Gasteiger partial charge in [0.25, 0.3) is 0 Å². The lowest BCUT2D eigenvalue weighted by Crippen LogP contribution is -1.62. The Hall–Kier alpha value is 0.390. The van der Waals surface area contributed by atoms with Crippen LogP contribution in [0.3, 0.4) is 0 Å². The lowest BCUT2D eigenvalue weighted by Gasteiger charge is -1.79. The van der Waals surface area contributed by atoms with Crippen LogP contribution >= 0.6 is 8.81 Å². The molecule has 1 N–H and O–H groups in total. The first-order valence-corrected chi connectivity index (χ1v) is 4.85. The molecule has 9 heavy (non-hydrogen) atoms. The Morgan fingerprint density at radius 1 is 1.00 bits per heavy atom. The first-order valence-electron chi connectivity index (χ1n) is 3.70. The van der Waals surface area contributed by atoms with Gasteiger partial charge in [-0.25, -0.2) is 0 Å². The Morgan fingerprint density at radius 3 is 1.44 bits per heavy atom. The third-order valence-electron chi connectivity index (χ3n) is 0.862. The molecule has 0 aromatic heterocycles. The predicted molar refractivity (Wildman–Crippen MR) is 46.3 cm³/mol. The summed E-state index contributed by atoms with van der Waals surface area (Å²) in [5, 5.41) is 0. The normalized spacial score (nSPS) is 9.33. The van der Waals surface area contributed by atoms with Crippen LogP contribution in [0, 0.1) is 0 Å². The van der Waals surface area contributed by atoms with Crippen LogP contribution in [0.4, 0.5) is 0 Å². The van der Waals surface area contributed by atoms with E-state index in [4.69, 9.17) is 4.89 Å². The molecule has 2 heteroatoms. The third-order valence-corrected chi connectivity index (χ3v) is 1.59. The second-order valence-electron chi connectivity index (χ2n) is 1.91. The average Bonchev–Trinajstić information content (AvgIpc) is 1.91. The Bertz CT molecular complexity index is 28.1. The molecule has 0 aliphatic rings. The predicted octanol–water partition coefficient (Wildman–Crippen LogP) is 2.79. The molecule has 0 saturated carbocycles. The molecular weight excluding hydrogens is 131 g/mol. The highest BCUT2D eigenvalue weighted by atomic mass is 31.1. The molecule has 1 atom stereocenters. The molecule has 0 aromatic carbocycles. The summed E-state index contributed by atoms with van der Waals surface area (Å²) in [6.07, 6.45) is 4.72. The second-order valence-corrected chi connectivity index (χ2v) is 2.72. The molecule has 0 aliphatic carbocycles. The van der Waals surface area contributed by atoms with E-state index in [0.717, 1.165) is 12.6 Å². The van der Waals surface area contributed by atoms with Crippen LogP contribution in [-0.2, 0) is 0 Å². The molecule has 58 valence electrons. The van der Waals surface area contributed by atoms with Crippen molar-refractivity contribution < 1.29 is 4.89 Å². The van der Waals surface area contributed by atoms with Gasteiger partial charge < -0.3 is 4.89 Å². The molecule has 0 bridgehead atoms. The van der Waals surface area contributed by atoms with Gasteiger partial charge in [-0.15, -0.1) is 0 Å². The maximum Gasteiger partial charge on any atom is 0.0107 e. The van der Waals surface area contributed by atoms with E-state index in [-0.39, 0.29) is 8.81 Å². The molecule has 1 nitrogen and oxygen atoms in total. The van der Waals surface area contributed by atoms with E-state index in [9.17, 15) is 0 Å². The van der Waals surface area contributed by atoms with E-state index in [1.54, 1.807) is 0 Å². The van der Waals surface area contributed by atoms with Crippen LogP contribution < -0.4 is 0 Å². The van der Waals surface area contributed by atoms with E-state index in [0.29, 0.717) is 0 Å². The van der Waals surface area contributed by atoms with Crippen LogP contribution in [0.15, 0.2) is 0 Å². The highest BCUT2D eigenvalue weighted by Crippen LogP contribution is 2.00. The summed E-state index contributed by atoms with van der Waals surface area (Å²) in [7, 11) is 0.158. The lowest BCUT2D eigenvalue weighted by atomic mass is 10.4. The Morgan fingerprint density at radius 2 is 1.44 bits per heavy atom. The number of hydrogen-bond donors (Lipinski definition) is 1. The summed E-state index contributed by atoms with van der Waals surface area (Å²) in [6.45, 7) is 6.42. The highest BCUT2D eigenvalue weighted by molar-refractivity contribution is 7.31. The van der Waals surface area contributed by atoms with Crippen LogP contribution in [-0.4, -0.2) is 11.1 Å². The van der Waals surface area contributed by atoms with Gasteiger partial charge in [-0.3, -0.25) is 0 Å². The maximum atomic E-state index is 8.09. The zero-order valence-corrected chi connectivity index (χ0v) is 7.78. The number of unbranched alkanes of at least 4 members (excludes halogenated alkanes) is 1. The number of rotatable bonds is 3. The highest BCUT2D eigenvalue weighted by Gasteiger charge is 1.69. The van der Waals surface area contributed by atoms with Gasteiger partial charge in [-0.05, 0) is 6.16 Å². The first-order chi connectivity index (χ1) is 4.33. The van der Waals surface area contributed by atoms with Gasteiger partial charge in [-0.2, -0.15) is 0 Å². The van der Waals surface area contributed by atoms with Crippen LogP contribution in [0.5, 0.6) is 0 Å². The second kappa shape index (κ2) is 15.8. The van der Waals surface area contributed by atoms with Gasteiger partial charge in [0, 0.05) is 8.81 Å². The summed E-state index contributed by atoms with van der Waals surface area (Å²) in [6, 6.07) is 0. The SMILES string of the molecule is CCCC.CCCPO. The fourth-order valence-corrected chi connectivity index (χ4v) is 0.335. The minimum absolute atomic E-state index is 0.158. The quantitative estimate of drug-likeness (QED) is 0.613. The van der Waals surface area contributed by atoms with Crippen molar-refractivity contribution in [3.05, 3.63) is 0 Å². The molecule has 0 fully saturated rings. The molecule has 0 rings (SSSR count). The minimum Gasteiger partial charge on any atom is -0.377 e. The molecule has 0 radical (unpaired) electrons. The van der Waals surface area contributed by atoms with Crippen LogP contribution in [0.25, 0.3) is 0 Å². The summed E-state index contributed by atoms with van der Waals surface area (Å²) in [4.78, 5) is 8.09. The van der Waals surface area contributed by atoms with Crippen molar-refractivity contribution in [2.24, 2.45) is 0 Å². The molecule has 0 amide bonds. The number of hydrogen-bond acceptors (Lipinski definition) is 1. The third kappa shape index (κ3) is 29.8. The zero-order chi connectivity index (χ0) is 7.54. The smallest absolute Gasteiger partial charge is 0.0107 e. The zero-order valence-electron chi connectivity index (χ0n) is 6.78. The Balaban J connectivity index is 0. The van der Waals surface area contributed by atoms with Crippen molar-refractivity contribution in [3.63, 3.8) is 0 Å².